The van der Waals surface area contributed by atoms with Gasteiger partial charge < -0.3 is 4.74 Å². The zero-order valence-corrected chi connectivity index (χ0v) is 7.60. The summed E-state index contributed by atoms with van der Waals surface area (Å²) < 4.78 is 34.4. The third-order valence-corrected chi connectivity index (χ3v) is 2.31. The highest BCUT2D eigenvalue weighted by Gasteiger charge is 2.20. The van der Waals surface area contributed by atoms with Gasteiger partial charge in [0.15, 0.2) is 5.44 Å². The molecule has 0 aliphatic heterocycles. The van der Waals surface area contributed by atoms with Gasteiger partial charge in [-0.15, -0.1) is 0 Å². The summed E-state index contributed by atoms with van der Waals surface area (Å²) in [5.41, 5.74) is -1.05. The van der Waals surface area contributed by atoms with E-state index in [0.717, 1.165) is 6.42 Å². The van der Waals surface area contributed by atoms with Crippen molar-refractivity contribution in [3.8, 4) is 0 Å². The molecule has 0 saturated carbocycles. The molecule has 0 radical (unpaired) electrons. The Hall–Kier alpha value is -0.130. The molecule has 0 aliphatic carbocycles. The maximum atomic E-state index is 10.5. The quantitative estimate of drug-likeness (QED) is 0.645. The maximum absolute atomic E-state index is 10.5. The molecule has 0 rings (SSSR count). The molecule has 0 bridgehead atoms. The van der Waals surface area contributed by atoms with Crippen molar-refractivity contribution in [3.05, 3.63) is 0 Å². The molecule has 68 valence electrons. The molecule has 5 heteroatoms. The Morgan fingerprint density at radius 3 is 2.27 bits per heavy atom. The Morgan fingerprint density at radius 2 is 2.00 bits per heavy atom. The lowest BCUT2D eigenvalue weighted by Crippen LogP contribution is -2.23. The molecular weight excluding hydrogens is 168 g/mol. The van der Waals surface area contributed by atoms with Crippen molar-refractivity contribution in [1.82, 2.24) is 0 Å². The van der Waals surface area contributed by atoms with Crippen LogP contribution in [0, 0.1) is 0 Å². The Kier molecular flexibility index (Phi) is 4.63. The van der Waals surface area contributed by atoms with Crippen molar-refractivity contribution in [2.24, 2.45) is 0 Å². The zero-order chi connectivity index (χ0) is 8.91. The summed E-state index contributed by atoms with van der Waals surface area (Å²) in [4.78, 5) is 0. The van der Waals surface area contributed by atoms with E-state index in [0.29, 0.717) is 6.61 Å². The summed E-state index contributed by atoms with van der Waals surface area (Å²) in [6, 6.07) is 0. The normalized spacial score (nSPS) is 14.8. The Labute approximate surface area is 67.3 Å². The van der Waals surface area contributed by atoms with E-state index in [9.17, 15) is 8.42 Å². The van der Waals surface area contributed by atoms with Gasteiger partial charge in [0.25, 0.3) is 10.1 Å². The summed E-state index contributed by atoms with van der Waals surface area (Å²) in [5, 5.41) is 0. The van der Waals surface area contributed by atoms with Crippen LogP contribution in [-0.4, -0.2) is 25.0 Å². The third-order valence-electron chi connectivity index (χ3n) is 1.17. The molecule has 0 spiro atoms. The van der Waals surface area contributed by atoms with Crippen molar-refractivity contribution in [2.45, 2.75) is 32.1 Å². The minimum atomic E-state index is -4.01. The lowest BCUT2D eigenvalue weighted by Gasteiger charge is -2.11. The molecule has 11 heavy (non-hydrogen) atoms. The first-order valence-corrected chi connectivity index (χ1v) is 5.10. The van der Waals surface area contributed by atoms with Gasteiger partial charge in [-0.3, -0.25) is 4.55 Å². The fourth-order valence-corrected chi connectivity index (χ4v) is 1.35. The van der Waals surface area contributed by atoms with Crippen LogP contribution in [0.2, 0.25) is 0 Å². The molecule has 1 atom stereocenters. The van der Waals surface area contributed by atoms with Gasteiger partial charge in [-0.05, 0) is 12.8 Å². The molecule has 4 nitrogen and oxygen atoms in total. The van der Waals surface area contributed by atoms with Crippen molar-refractivity contribution < 1.29 is 17.7 Å². The molecule has 1 N–H and O–H groups in total. The van der Waals surface area contributed by atoms with Crippen LogP contribution in [0.3, 0.4) is 0 Å². The topological polar surface area (TPSA) is 63.6 Å². The number of rotatable bonds is 5. The average Bonchev–Trinajstić information content (AvgIpc) is 1.87. The molecule has 1 unspecified atom stereocenters. The van der Waals surface area contributed by atoms with E-state index < -0.39 is 15.6 Å². The van der Waals surface area contributed by atoms with E-state index in [1.54, 1.807) is 6.92 Å². The molecule has 0 saturated heterocycles. The second kappa shape index (κ2) is 4.69. The van der Waals surface area contributed by atoms with E-state index in [-0.39, 0.29) is 6.42 Å². The predicted molar refractivity (Wildman–Crippen MR) is 41.9 cm³/mol. The van der Waals surface area contributed by atoms with Crippen LogP contribution < -0.4 is 0 Å². The monoisotopic (exact) mass is 182 g/mol. The fraction of sp³-hybridized carbons (Fsp3) is 1.00. The predicted octanol–water partition coefficient (Wildman–Crippen LogP) is 1.04. The van der Waals surface area contributed by atoms with Gasteiger partial charge in [-0.25, -0.2) is 0 Å². The number of hydrogen-bond donors (Lipinski definition) is 1. The SMILES string of the molecule is CCCOC(CC)S(=O)(=O)O. The van der Waals surface area contributed by atoms with Gasteiger partial charge in [0.2, 0.25) is 0 Å². The minimum absolute atomic E-state index is 0.277. The van der Waals surface area contributed by atoms with E-state index in [1.807, 2.05) is 6.92 Å². The van der Waals surface area contributed by atoms with Crippen LogP contribution in [0.15, 0.2) is 0 Å². The molecule has 0 aromatic rings. The van der Waals surface area contributed by atoms with E-state index in [2.05, 4.69) is 0 Å². The van der Waals surface area contributed by atoms with Crippen molar-refractivity contribution in [3.63, 3.8) is 0 Å². The fourth-order valence-electron chi connectivity index (χ4n) is 0.664. The van der Waals surface area contributed by atoms with Crippen LogP contribution in [0.25, 0.3) is 0 Å². The molecular formula is C6H14O4S. The van der Waals surface area contributed by atoms with Crippen LogP contribution in [0.1, 0.15) is 26.7 Å². The summed E-state index contributed by atoms with van der Waals surface area (Å²) in [6.45, 7) is 3.88. The van der Waals surface area contributed by atoms with E-state index >= 15 is 0 Å². The van der Waals surface area contributed by atoms with Crippen LogP contribution >= 0.6 is 0 Å². The summed E-state index contributed by atoms with van der Waals surface area (Å²) in [6.07, 6.45) is 1.02. The highest BCUT2D eigenvalue weighted by molar-refractivity contribution is 7.86. The molecule has 0 aromatic carbocycles. The zero-order valence-electron chi connectivity index (χ0n) is 6.78. The molecule has 0 aromatic heterocycles. The van der Waals surface area contributed by atoms with E-state index in [1.165, 1.54) is 0 Å². The first-order valence-electron chi connectivity index (χ1n) is 3.60. The highest BCUT2D eigenvalue weighted by atomic mass is 32.2. The van der Waals surface area contributed by atoms with Gasteiger partial charge in [-0.1, -0.05) is 13.8 Å². The molecule has 0 amide bonds. The summed E-state index contributed by atoms with van der Waals surface area (Å²) in [5.74, 6) is 0. The molecule has 0 fully saturated rings. The van der Waals surface area contributed by atoms with Crippen LogP contribution in [0.4, 0.5) is 0 Å². The van der Waals surface area contributed by atoms with Gasteiger partial charge in [0.1, 0.15) is 0 Å². The second-order valence-electron chi connectivity index (χ2n) is 2.22. The molecule has 0 heterocycles. The van der Waals surface area contributed by atoms with Crippen LogP contribution in [0.5, 0.6) is 0 Å². The largest absolute Gasteiger partial charge is 0.360 e. The first kappa shape index (κ1) is 10.9. The lowest BCUT2D eigenvalue weighted by molar-refractivity contribution is 0.0970. The third kappa shape index (κ3) is 4.34. The Balaban J connectivity index is 3.97. The smallest absolute Gasteiger partial charge is 0.292 e. The van der Waals surface area contributed by atoms with Gasteiger partial charge in [0.05, 0.1) is 0 Å². The van der Waals surface area contributed by atoms with Gasteiger partial charge in [-0.2, -0.15) is 8.42 Å². The minimum Gasteiger partial charge on any atom is -0.360 e. The molecule has 0 aliphatic rings. The van der Waals surface area contributed by atoms with Gasteiger partial charge >= 0.3 is 0 Å². The first-order chi connectivity index (χ1) is 5.02. The van der Waals surface area contributed by atoms with Gasteiger partial charge in [0, 0.05) is 6.61 Å². The standard InChI is InChI=1S/C6H14O4S/c1-3-5-10-6(4-2)11(7,8)9/h6H,3-5H2,1-2H3,(H,7,8,9). The van der Waals surface area contributed by atoms with Crippen LogP contribution in [-0.2, 0) is 14.9 Å². The average molecular weight is 182 g/mol. The number of hydrogen-bond acceptors (Lipinski definition) is 3. The van der Waals surface area contributed by atoms with Crippen molar-refractivity contribution in [2.75, 3.05) is 6.61 Å². The maximum Gasteiger partial charge on any atom is 0.292 e. The summed E-state index contributed by atoms with van der Waals surface area (Å²) >= 11 is 0. The Bertz CT molecular complexity index is 185. The van der Waals surface area contributed by atoms with Crippen molar-refractivity contribution >= 4 is 10.1 Å². The van der Waals surface area contributed by atoms with E-state index in [4.69, 9.17) is 9.29 Å². The van der Waals surface area contributed by atoms with Crippen molar-refractivity contribution in [1.29, 1.82) is 0 Å². The highest BCUT2D eigenvalue weighted by Crippen LogP contribution is 2.05. The number of ether oxygens (including phenoxy) is 1. The second-order valence-corrected chi connectivity index (χ2v) is 3.78. The Morgan fingerprint density at radius 1 is 1.45 bits per heavy atom. The summed E-state index contributed by atoms with van der Waals surface area (Å²) in [7, 11) is -4.01. The lowest BCUT2D eigenvalue weighted by atomic mass is 10.5.